The Kier molecular flexibility index (Phi) is 7.26. The first-order valence-electron chi connectivity index (χ1n) is 9.28. The van der Waals surface area contributed by atoms with Crippen molar-refractivity contribution in [2.24, 2.45) is 5.92 Å². The number of methoxy groups -OCH3 is 1. The molecular weight excluding hydrogens is 316 g/mol. The van der Waals surface area contributed by atoms with Gasteiger partial charge in [-0.05, 0) is 62.9 Å². The molecule has 1 aromatic carbocycles. The molecule has 0 bridgehead atoms. The van der Waals surface area contributed by atoms with Crippen LogP contribution >= 0.6 is 0 Å². The Balaban J connectivity index is 1.78. The molecule has 1 fully saturated rings. The van der Waals surface area contributed by atoms with E-state index in [9.17, 15) is 4.79 Å². The zero-order valence-corrected chi connectivity index (χ0v) is 16.0. The molecule has 1 amide bonds. The van der Waals surface area contributed by atoms with E-state index in [4.69, 9.17) is 9.47 Å². The largest absolute Gasteiger partial charge is 0.492 e. The standard InChI is InChI=1S/C20H32N2O3/c1-5-20(3,24-4)19(23)21-17-8-10-18(11-9-17)25-14-13-22-12-6-7-16(2)15-22/h8-11,16H,5-7,12-15H2,1-4H3,(H,21,23). The number of amides is 1. The summed E-state index contributed by atoms with van der Waals surface area (Å²) in [6.45, 7) is 10.0. The number of benzene rings is 1. The molecule has 0 spiro atoms. The van der Waals surface area contributed by atoms with Gasteiger partial charge in [0.15, 0.2) is 0 Å². The van der Waals surface area contributed by atoms with Crippen molar-refractivity contribution in [1.29, 1.82) is 0 Å². The Bertz CT molecular complexity index is 540. The first kappa shape index (κ1) is 19.7. The molecule has 2 rings (SSSR count). The third kappa shape index (κ3) is 5.72. The molecule has 0 radical (unpaired) electrons. The molecule has 5 nitrogen and oxygen atoms in total. The topological polar surface area (TPSA) is 50.8 Å². The maximum atomic E-state index is 12.3. The Morgan fingerprint density at radius 3 is 2.68 bits per heavy atom. The Morgan fingerprint density at radius 2 is 2.08 bits per heavy atom. The molecule has 1 saturated heterocycles. The lowest BCUT2D eigenvalue weighted by Gasteiger charge is -2.30. The highest BCUT2D eigenvalue weighted by Crippen LogP contribution is 2.20. The number of anilines is 1. The van der Waals surface area contributed by atoms with Crippen molar-refractivity contribution in [1.82, 2.24) is 4.90 Å². The number of piperidine rings is 1. The summed E-state index contributed by atoms with van der Waals surface area (Å²) in [6, 6.07) is 7.51. The summed E-state index contributed by atoms with van der Waals surface area (Å²) in [5.41, 5.74) is -0.0558. The van der Waals surface area contributed by atoms with E-state index in [0.29, 0.717) is 13.0 Å². The van der Waals surface area contributed by atoms with Crippen molar-refractivity contribution >= 4 is 11.6 Å². The molecule has 5 heteroatoms. The fraction of sp³-hybridized carbons (Fsp3) is 0.650. The lowest BCUT2D eigenvalue weighted by Crippen LogP contribution is -2.41. The number of rotatable bonds is 8. The highest BCUT2D eigenvalue weighted by atomic mass is 16.5. The van der Waals surface area contributed by atoms with Gasteiger partial charge in [0.1, 0.15) is 18.0 Å². The van der Waals surface area contributed by atoms with E-state index >= 15 is 0 Å². The van der Waals surface area contributed by atoms with Crippen LogP contribution in [0.1, 0.15) is 40.0 Å². The normalized spacial score (nSPS) is 20.7. The van der Waals surface area contributed by atoms with E-state index in [1.165, 1.54) is 25.9 Å². The monoisotopic (exact) mass is 348 g/mol. The van der Waals surface area contributed by atoms with Gasteiger partial charge in [-0.25, -0.2) is 0 Å². The minimum Gasteiger partial charge on any atom is -0.492 e. The van der Waals surface area contributed by atoms with Crippen molar-refractivity contribution in [3.8, 4) is 5.75 Å². The summed E-state index contributed by atoms with van der Waals surface area (Å²) in [5, 5.41) is 2.90. The second kappa shape index (κ2) is 9.20. The Labute approximate surface area is 151 Å². The number of carbonyl (C=O) groups is 1. The molecule has 140 valence electrons. The van der Waals surface area contributed by atoms with Gasteiger partial charge in [0.05, 0.1) is 0 Å². The van der Waals surface area contributed by atoms with E-state index in [1.54, 1.807) is 14.0 Å². The zero-order valence-electron chi connectivity index (χ0n) is 16.0. The first-order valence-corrected chi connectivity index (χ1v) is 9.28. The predicted octanol–water partition coefficient (Wildman–Crippen LogP) is 3.55. The van der Waals surface area contributed by atoms with Crippen molar-refractivity contribution in [3.63, 3.8) is 0 Å². The van der Waals surface area contributed by atoms with Crippen LogP contribution in [0.25, 0.3) is 0 Å². The van der Waals surface area contributed by atoms with Crippen LogP contribution in [0.4, 0.5) is 5.69 Å². The van der Waals surface area contributed by atoms with Crippen LogP contribution in [-0.4, -0.2) is 49.8 Å². The lowest BCUT2D eigenvalue weighted by molar-refractivity contribution is -0.136. The smallest absolute Gasteiger partial charge is 0.256 e. The number of nitrogens with one attached hydrogen (secondary N) is 1. The SMILES string of the molecule is CCC(C)(OC)C(=O)Nc1ccc(OCCN2CCCC(C)C2)cc1. The van der Waals surface area contributed by atoms with E-state index in [-0.39, 0.29) is 5.91 Å². The third-order valence-electron chi connectivity index (χ3n) is 5.14. The van der Waals surface area contributed by atoms with Crippen molar-refractivity contribution in [2.45, 2.75) is 45.6 Å². The van der Waals surface area contributed by atoms with Gasteiger partial charge in [0.2, 0.25) is 0 Å². The highest BCUT2D eigenvalue weighted by molar-refractivity contribution is 5.97. The molecule has 0 aromatic heterocycles. The minimum atomic E-state index is -0.805. The van der Waals surface area contributed by atoms with E-state index in [2.05, 4.69) is 17.1 Å². The number of nitrogens with zero attached hydrogens (tertiary/aromatic N) is 1. The average Bonchev–Trinajstić information content (AvgIpc) is 2.62. The summed E-state index contributed by atoms with van der Waals surface area (Å²) < 4.78 is 11.2. The maximum absolute atomic E-state index is 12.3. The maximum Gasteiger partial charge on any atom is 0.256 e. The molecule has 1 aliphatic rings. The third-order valence-corrected chi connectivity index (χ3v) is 5.14. The number of likely N-dealkylation sites (tertiary alicyclic amines) is 1. The molecule has 2 atom stereocenters. The Hall–Kier alpha value is -1.59. The molecule has 0 aliphatic carbocycles. The minimum absolute atomic E-state index is 0.134. The van der Waals surface area contributed by atoms with Gasteiger partial charge in [0, 0.05) is 25.9 Å². The van der Waals surface area contributed by atoms with Gasteiger partial charge in [-0.15, -0.1) is 0 Å². The number of carbonyl (C=O) groups excluding carboxylic acids is 1. The van der Waals surface area contributed by atoms with Gasteiger partial charge in [0.25, 0.3) is 5.91 Å². The summed E-state index contributed by atoms with van der Waals surface area (Å²) in [6.07, 6.45) is 3.24. The van der Waals surface area contributed by atoms with Crippen LogP contribution < -0.4 is 10.1 Å². The van der Waals surface area contributed by atoms with E-state index < -0.39 is 5.60 Å². The van der Waals surface area contributed by atoms with Crippen LogP contribution in [0.15, 0.2) is 24.3 Å². The molecule has 1 aliphatic heterocycles. The first-order chi connectivity index (χ1) is 12.0. The molecule has 1 heterocycles. The van der Waals surface area contributed by atoms with Gasteiger partial charge in [-0.3, -0.25) is 9.69 Å². The fourth-order valence-corrected chi connectivity index (χ4v) is 3.08. The summed E-state index contributed by atoms with van der Waals surface area (Å²) >= 11 is 0. The van der Waals surface area contributed by atoms with Crippen molar-refractivity contribution < 1.29 is 14.3 Å². The predicted molar refractivity (Wildman–Crippen MR) is 101 cm³/mol. The number of hydrogen-bond donors (Lipinski definition) is 1. The molecule has 1 N–H and O–H groups in total. The van der Waals surface area contributed by atoms with Gasteiger partial charge in [-0.1, -0.05) is 13.8 Å². The second-order valence-electron chi connectivity index (χ2n) is 7.16. The number of ether oxygens (including phenoxy) is 2. The molecule has 2 unspecified atom stereocenters. The van der Waals surface area contributed by atoms with Crippen LogP contribution in [0.5, 0.6) is 5.75 Å². The molecule has 25 heavy (non-hydrogen) atoms. The number of hydrogen-bond acceptors (Lipinski definition) is 4. The second-order valence-corrected chi connectivity index (χ2v) is 7.16. The zero-order chi connectivity index (χ0) is 18.3. The van der Waals surface area contributed by atoms with Gasteiger partial charge in [-0.2, -0.15) is 0 Å². The van der Waals surface area contributed by atoms with Crippen LogP contribution in [0.2, 0.25) is 0 Å². The quantitative estimate of drug-likeness (QED) is 0.780. The highest BCUT2D eigenvalue weighted by Gasteiger charge is 2.30. The Morgan fingerprint density at radius 1 is 1.36 bits per heavy atom. The fourth-order valence-electron chi connectivity index (χ4n) is 3.08. The van der Waals surface area contributed by atoms with Crippen molar-refractivity contribution in [3.05, 3.63) is 24.3 Å². The lowest BCUT2D eigenvalue weighted by atomic mass is 10.0. The van der Waals surface area contributed by atoms with Crippen LogP contribution in [0.3, 0.4) is 0 Å². The summed E-state index contributed by atoms with van der Waals surface area (Å²) in [7, 11) is 1.56. The van der Waals surface area contributed by atoms with Crippen molar-refractivity contribution in [2.75, 3.05) is 38.7 Å². The van der Waals surface area contributed by atoms with E-state index in [1.807, 2.05) is 31.2 Å². The van der Waals surface area contributed by atoms with Crippen LogP contribution in [0, 0.1) is 5.92 Å². The molecule has 0 saturated carbocycles. The summed E-state index contributed by atoms with van der Waals surface area (Å²) in [4.78, 5) is 14.8. The van der Waals surface area contributed by atoms with Crippen LogP contribution in [-0.2, 0) is 9.53 Å². The molecular formula is C20H32N2O3. The van der Waals surface area contributed by atoms with Gasteiger partial charge >= 0.3 is 0 Å². The average molecular weight is 348 g/mol. The van der Waals surface area contributed by atoms with E-state index in [0.717, 1.165) is 23.9 Å². The molecule has 1 aromatic rings. The van der Waals surface area contributed by atoms with Gasteiger partial charge < -0.3 is 14.8 Å². The summed E-state index contributed by atoms with van der Waals surface area (Å²) in [5.74, 6) is 1.48.